The third kappa shape index (κ3) is 2.82. The fourth-order valence-electron chi connectivity index (χ4n) is 5.59. The Bertz CT molecular complexity index is 1360. The summed E-state index contributed by atoms with van der Waals surface area (Å²) >= 11 is 0. The van der Waals surface area contributed by atoms with Gasteiger partial charge in [-0.15, -0.1) is 0 Å². The lowest BCUT2D eigenvalue weighted by Gasteiger charge is -2.27. The molecule has 3 aromatic carbocycles. The molecule has 3 aliphatic rings. The number of carbonyl (C=O) groups excluding carboxylic acids is 4. The van der Waals surface area contributed by atoms with Gasteiger partial charge in [0.1, 0.15) is 5.75 Å². The molecule has 35 heavy (non-hydrogen) atoms. The summed E-state index contributed by atoms with van der Waals surface area (Å²) in [5.74, 6) is -4.06. The molecule has 0 saturated carbocycles. The van der Waals surface area contributed by atoms with Crippen molar-refractivity contribution in [3.05, 3.63) is 95.6 Å². The molecule has 3 atom stereocenters. The molecule has 0 aromatic heterocycles. The van der Waals surface area contributed by atoms with E-state index in [-0.39, 0.29) is 11.1 Å². The van der Waals surface area contributed by atoms with Crippen LogP contribution in [-0.2, 0) is 14.3 Å². The molecule has 2 heterocycles. The molecule has 2 fully saturated rings. The van der Waals surface area contributed by atoms with Crippen LogP contribution in [0.4, 0.5) is 5.69 Å². The molecular formula is C28H21NO6. The molecule has 7 nitrogen and oxygen atoms in total. The van der Waals surface area contributed by atoms with Gasteiger partial charge in [0, 0.05) is 17.2 Å². The average Bonchev–Trinajstić information content (AvgIpc) is 3.45. The van der Waals surface area contributed by atoms with Crippen LogP contribution in [-0.4, -0.2) is 35.6 Å². The van der Waals surface area contributed by atoms with Crippen molar-refractivity contribution in [1.29, 1.82) is 0 Å². The maximum Gasteiger partial charge on any atom is 0.241 e. The first-order valence-electron chi connectivity index (χ1n) is 11.5. The standard InChI is InChI=1S/C28H21NO6/c1-2-34-18-12-8-11-17(15-18)29-26(32)21-22(27(29)33)28(35-23(21)16-9-4-3-5-10-16)24(30)19-13-6-7-14-20(19)25(28)31/h3-15,21-23H,2H2,1H3. The fraction of sp³-hybridized carbons (Fsp3) is 0.214. The van der Waals surface area contributed by atoms with Crippen molar-refractivity contribution in [1.82, 2.24) is 0 Å². The fourth-order valence-corrected chi connectivity index (χ4v) is 5.59. The molecular weight excluding hydrogens is 446 g/mol. The first-order valence-corrected chi connectivity index (χ1v) is 11.5. The van der Waals surface area contributed by atoms with Crippen molar-refractivity contribution < 1.29 is 28.7 Å². The Morgan fingerprint density at radius 3 is 2.14 bits per heavy atom. The Kier molecular flexibility index (Phi) is 4.72. The number of hydrogen-bond donors (Lipinski definition) is 0. The van der Waals surface area contributed by atoms with Crippen molar-refractivity contribution >= 4 is 29.1 Å². The summed E-state index contributed by atoms with van der Waals surface area (Å²) in [5, 5.41) is 0. The predicted octanol–water partition coefficient (Wildman–Crippen LogP) is 3.78. The van der Waals surface area contributed by atoms with Gasteiger partial charge < -0.3 is 9.47 Å². The van der Waals surface area contributed by atoms with Crippen LogP contribution in [0.2, 0.25) is 0 Å². The van der Waals surface area contributed by atoms with E-state index in [2.05, 4.69) is 0 Å². The Hall–Kier alpha value is -4.10. The van der Waals surface area contributed by atoms with Crippen molar-refractivity contribution in [3.63, 3.8) is 0 Å². The molecule has 0 bridgehead atoms. The number of carbonyl (C=O) groups is 4. The van der Waals surface area contributed by atoms with E-state index in [9.17, 15) is 19.2 Å². The molecule has 174 valence electrons. The van der Waals surface area contributed by atoms with E-state index in [4.69, 9.17) is 9.47 Å². The highest BCUT2D eigenvalue weighted by atomic mass is 16.5. The van der Waals surface area contributed by atoms with E-state index in [0.29, 0.717) is 23.6 Å². The van der Waals surface area contributed by atoms with E-state index in [1.54, 1.807) is 72.8 Å². The summed E-state index contributed by atoms with van der Waals surface area (Å²) in [6, 6.07) is 22.1. The lowest BCUT2D eigenvalue weighted by molar-refractivity contribution is -0.127. The summed E-state index contributed by atoms with van der Waals surface area (Å²) in [7, 11) is 0. The summed E-state index contributed by atoms with van der Waals surface area (Å²) in [5.41, 5.74) is -0.697. The summed E-state index contributed by atoms with van der Waals surface area (Å²) in [6.07, 6.45) is -0.931. The quantitative estimate of drug-likeness (QED) is 0.429. The number of imide groups is 1. The molecule has 0 radical (unpaired) electrons. The second-order valence-corrected chi connectivity index (χ2v) is 8.83. The van der Waals surface area contributed by atoms with Crippen LogP contribution in [0.3, 0.4) is 0 Å². The maximum atomic E-state index is 13.9. The Balaban J connectivity index is 1.52. The number of nitrogens with zero attached hydrogens (tertiary/aromatic N) is 1. The number of benzene rings is 3. The molecule has 3 aromatic rings. The van der Waals surface area contributed by atoms with Gasteiger partial charge in [0.25, 0.3) is 0 Å². The van der Waals surface area contributed by atoms with Gasteiger partial charge in [-0.2, -0.15) is 0 Å². The van der Waals surface area contributed by atoms with Crippen molar-refractivity contribution in [2.24, 2.45) is 11.8 Å². The van der Waals surface area contributed by atoms with E-state index in [1.807, 2.05) is 13.0 Å². The summed E-state index contributed by atoms with van der Waals surface area (Å²) in [6.45, 7) is 2.26. The predicted molar refractivity (Wildman–Crippen MR) is 125 cm³/mol. The second kappa shape index (κ2) is 7.71. The number of anilines is 1. The van der Waals surface area contributed by atoms with Crippen LogP contribution < -0.4 is 9.64 Å². The van der Waals surface area contributed by atoms with Gasteiger partial charge in [-0.3, -0.25) is 19.2 Å². The zero-order valence-corrected chi connectivity index (χ0v) is 18.8. The van der Waals surface area contributed by atoms with E-state index in [1.165, 1.54) is 0 Å². The SMILES string of the molecule is CCOc1cccc(N2C(=O)C3C(c4ccccc4)OC4(C(=O)c5ccccc5C4=O)C3C2=O)c1. The lowest BCUT2D eigenvalue weighted by atomic mass is 9.77. The van der Waals surface area contributed by atoms with Gasteiger partial charge in [0.05, 0.1) is 30.2 Å². The molecule has 3 unspecified atom stereocenters. The first-order chi connectivity index (χ1) is 17.0. The largest absolute Gasteiger partial charge is 0.494 e. The lowest BCUT2D eigenvalue weighted by Crippen LogP contribution is -2.51. The van der Waals surface area contributed by atoms with Crippen molar-refractivity contribution in [2.75, 3.05) is 11.5 Å². The van der Waals surface area contributed by atoms with Crippen LogP contribution in [0, 0.1) is 11.8 Å². The zero-order chi connectivity index (χ0) is 24.3. The topological polar surface area (TPSA) is 90.0 Å². The number of hydrogen-bond acceptors (Lipinski definition) is 6. The normalized spacial score (nSPS) is 24.3. The monoisotopic (exact) mass is 467 g/mol. The van der Waals surface area contributed by atoms with E-state index < -0.39 is 46.9 Å². The Morgan fingerprint density at radius 2 is 1.49 bits per heavy atom. The molecule has 2 aliphatic heterocycles. The summed E-state index contributed by atoms with van der Waals surface area (Å²) < 4.78 is 11.8. The van der Waals surface area contributed by atoms with Gasteiger partial charge in [0.15, 0.2) is 0 Å². The first kappa shape index (κ1) is 21.4. The third-order valence-corrected chi connectivity index (χ3v) is 7.03. The zero-order valence-electron chi connectivity index (χ0n) is 18.8. The average molecular weight is 467 g/mol. The van der Waals surface area contributed by atoms with Crippen LogP contribution in [0.15, 0.2) is 78.9 Å². The van der Waals surface area contributed by atoms with Crippen molar-refractivity contribution in [2.45, 2.75) is 18.6 Å². The molecule has 1 spiro atoms. The van der Waals surface area contributed by atoms with Gasteiger partial charge in [-0.05, 0) is 24.6 Å². The second-order valence-electron chi connectivity index (χ2n) is 8.83. The smallest absolute Gasteiger partial charge is 0.241 e. The maximum absolute atomic E-state index is 13.9. The minimum atomic E-state index is -2.08. The number of ether oxygens (including phenoxy) is 2. The van der Waals surface area contributed by atoms with E-state index in [0.717, 1.165) is 4.90 Å². The highest BCUT2D eigenvalue weighted by Gasteiger charge is 2.74. The van der Waals surface area contributed by atoms with Gasteiger partial charge in [-0.1, -0.05) is 60.7 Å². The van der Waals surface area contributed by atoms with Gasteiger partial charge in [0.2, 0.25) is 29.0 Å². The molecule has 7 heteroatoms. The van der Waals surface area contributed by atoms with E-state index >= 15 is 0 Å². The molecule has 1 aliphatic carbocycles. The minimum Gasteiger partial charge on any atom is -0.494 e. The van der Waals surface area contributed by atoms with Crippen LogP contribution >= 0.6 is 0 Å². The highest BCUT2D eigenvalue weighted by molar-refractivity contribution is 6.37. The number of Topliss-reactive ketones (excluding diaryl/α,β-unsaturated/α-hetero) is 2. The number of fused-ring (bicyclic) bond motifs is 3. The number of amides is 2. The number of rotatable bonds is 4. The van der Waals surface area contributed by atoms with Crippen LogP contribution in [0.25, 0.3) is 0 Å². The summed E-state index contributed by atoms with van der Waals surface area (Å²) in [4.78, 5) is 56.3. The molecule has 6 rings (SSSR count). The minimum absolute atomic E-state index is 0.210. The third-order valence-electron chi connectivity index (χ3n) is 7.03. The Morgan fingerprint density at radius 1 is 0.829 bits per heavy atom. The van der Waals surface area contributed by atoms with Crippen LogP contribution in [0.5, 0.6) is 5.75 Å². The van der Waals surface area contributed by atoms with Crippen LogP contribution in [0.1, 0.15) is 39.3 Å². The molecule has 2 amide bonds. The molecule has 2 saturated heterocycles. The number of ketones is 2. The van der Waals surface area contributed by atoms with Crippen molar-refractivity contribution in [3.8, 4) is 5.75 Å². The van der Waals surface area contributed by atoms with Gasteiger partial charge in [-0.25, -0.2) is 4.90 Å². The molecule has 0 N–H and O–H groups in total. The Labute approximate surface area is 201 Å². The van der Waals surface area contributed by atoms with Gasteiger partial charge >= 0.3 is 0 Å². The highest BCUT2D eigenvalue weighted by Crippen LogP contribution is 2.57.